The number of nitrogens with zero attached hydrogens (tertiary/aromatic N) is 3. The number of nitro benzene ring substituents is 1. The van der Waals surface area contributed by atoms with Gasteiger partial charge in [-0.2, -0.15) is 5.10 Å². The highest BCUT2D eigenvalue weighted by Gasteiger charge is 2.42. The van der Waals surface area contributed by atoms with E-state index in [1.54, 1.807) is 17.0 Å². The lowest BCUT2D eigenvalue weighted by Gasteiger charge is -2.28. The maximum Gasteiger partial charge on any atom is 0.275 e. The monoisotopic (exact) mass is 346 g/mol. The molecular weight excluding hydrogens is 328 g/mol. The Morgan fingerprint density at radius 3 is 2.52 bits per heavy atom. The predicted molar refractivity (Wildman–Crippen MR) is 87.1 cm³/mol. The van der Waals surface area contributed by atoms with Crippen molar-refractivity contribution in [2.75, 3.05) is 20.8 Å². The minimum Gasteiger partial charge on any atom is -0.354 e. The summed E-state index contributed by atoms with van der Waals surface area (Å²) in [5, 5.41) is 17.8. The van der Waals surface area contributed by atoms with E-state index >= 15 is 0 Å². The molecule has 25 heavy (non-hydrogen) atoms. The van der Waals surface area contributed by atoms with E-state index in [0.717, 1.165) is 16.8 Å². The molecule has 2 heterocycles. The fourth-order valence-corrected chi connectivity index (χ4v) is 3.06. The van der Waals surface area contributed by atoms with E-state index in [0.29, 0.717) is 5.69 Å². The summed E-state index contributed by atoms with van der Waals surface area (Å²) in [4.78, 5) is 24.8. The zero-order valence-electron chi connectivity index (χ0n) is 14.1. The van der Waals surface area contributed by atoms with Crippen LogP contribution >= 0.6 is 0 Å². The molecule has 1 aromatic carbocycles. The molecule has 0 bridgehead atoms. The number of H-pyrrole nitrogens is 1. The first-order valence-corrected chi connectivity index (χ1v) is 7.63. The molecule has 0 saturated carbocycles. The van der Waals surface area contributed by atoms with Gasteiger partial charge in [0.15, 0.2) is 12.0 Å². The van der Waals surface area contributed by atoms with Crippen LogP contribution in [0.5, 0.6) is 0 Å². The van der Waals surface area contributed by atoms with E-state index in [4.69, 9.17) is 9.47 Å². The molecule has 0 aliphatic carbocycles. The molecule has 1 unspecified atom stereocenters. The van der Waals surface area contributed by atoms with Crippen LogP contribution in [0.2, 0.25) is 0 Å². The van der Waals surface area contributed by atoms with Crippen molar-refractivity contribution in [2.45, 2.75) is 19.3 Å². The highest BCUT2D eigenvalue weighted by molar-refractivity contribution is 5.98. The van der Waals surface area contributed by atoms with Crippen molar-refractivity contribution in [3.05, 3.63) is 56.9 Å². The Bertz CT molecular complexity index is 797. The van der Waals surface area contributed by atoms with Gasteiger partial charge >= 0.3 is 0 Å². The molecule has 3 rings (SSSR count). The number of methoxy groups -OCH3 is 2. The third kappa shape index (κ3) is 2.87. The number of hydrogen-bond acceptors (Lipinski definition) is 6. The van der Waals surface area contributed by atoms with Gasteiger partial charge in [0.05, 0.1) is 17.5 Å². The average Bonchev–Trinajstić information content (AvgIpc) is 3.11. The first-order chi connectivity index (χ1) is 12.0. The van der Waals surface area contributed by atoms with Gasteiger partial charge in [-0.25, -0.2) is 0 Å². The lowest BCUT2D eigenvalue weighted by atomic mass is 9.99. The van der Waals surface area contributed by atoms with Crippen molar-refractivity contribution in [3.63, 3.8) is 0 Å². The zero-order chi connectivity index (χ0) is 18.1. The number of aromatic amines is 1. The zero-order valence-corrected chi connectivity index (χ0v) is 14.1. The molecule has 1 amide bonds. The van der Waals surface area contributed by atoms with Crippen molar-refractivity contribution >= 4 is 11.6 Å². The second kappa shape index (κ2) is 6.61. The van der Waals surface area contributed by atoms with Crippen LogP contribution in [0.25, 0.3) is 0 Å². The van der Waals surface area contributed by atoms with Crippen LogP contribution in [0.1, 0.15) is 33.4 Å². The van der Waals surface area contributed by atoms with E-state index in [9.17, 15) is 14.9 Å². The molecule has 0 spiro atoms. The van der Waals surface area contributed by atoms with Crippen LogP contribution in [0, 0.1) is 17.0 Å². The van der Waals surface area contributed by atoms with E-state index in [2.05, 4.69) is 10.2 Å². The number of ether oxygens (including phenoxy) is 2. The topological polar surface area (TPSA) is 111 Å². The lowest BCUT2D eigenvalue weighted by molar-refractivity contribution is -0.384. The molecule has 1 aliphatic heterocycles. The summed E-state index contributed by atoms with van der Waals surface area (Å²) in [6, 6.07) is 5.75. The van der Waals surface area contributed by atoms with Crippen molar-refractivity contribution in [1.82, 2.24) is 15.1 Å². The highest BCUT2D eigenvalue weighted by atomic mass is 16.7. The summed E-state index contributed by atoms with van der Waals surface area (Å²) in [5.74, 6) is -0.234. The number of amides is 1. The van der Waals surface area contributed by atoms with Crippen LogP contribution in [-0.4, -0.2) is 53.0 Å². The number of nitro groups is 1. The van der Waals surface area contributed by atoms with E-state index in [1.807, 2.05) is 6.92 Å². The molecule has 0 saturated heterocycles. The maximum absolute atomic E-state index is 12.8. The summed E-state index contributed by atoms with van der Waals surface area (Å²) in [6.45, 7) is 2.05. The Balaban J connectivity index is 2.03. The molecule has 1 aliphatic rings. The van der Waals surface area contributed by atoms with Gasteiger partial charge < -0.3 is 14.4 Å². The minimum atomic E-state index is -0.585. The molecule has 2 aromatic rings. The first-order valence-electron chi connectivity index (χ1n) is 7.63. The SMILES string of the molecule is COC(CN1C(=O)c2n[nH]c(C)c2C1c1ccc([N+](=O)[O-])cc1)OC. The van der Waals surface area contributed by atoms with E-state index in [-0.39, 0.29) is 18.1 Å². The van der Waals surface area contributed by atoms with Crippen LogP contribution in [0.4, 0.5) is 5.69 Å². The fraction of sp³-hybridized carbons (Fsp3) is 0.375. The molecule has 1 N–H and O–H groups in total. The summed E-state index contributed by atoms with van der Waals surface area (Å²) in [6.07, 6.45) is -0.585. The Morgan fingerprint density at radius 2 is 1.96 bits per heavy atom. The number of hydrogen-bond donors (Lipinski definition) is 1. The second-order valence-corrected chi connectivity index (χ2v) is 5.72. The molecule has 0 radical (unpaired) electrons. The molecule has 1 atom stereocenters. The maximum atomic E-state index is 12.8. The third-order valence-corrected chi connectivity index (χ3v) is 4.33. The van der Waals surface area contributed by atoms with Crippen molar-refractivity contribution in [2.24, 2.45) is 0 Å². The van der Waals surface area contributed by atoms with Crippen molar-refractivity contribution < 1.29 is 19.2 Å². The number of fused-ring (bicyclic) bond motifs is 1. The lowest BCUT2D eigenvalue weighted by Crippen LogP contribution is -2.38. The van der Waals surface area contributed by atoms with E-state index in [1.165, 1.54) is 26.4 Å². The highest BCUT2D eigenvalue weighted by Crippen LogP contribution is 2.39. The van der Waals surface area contributed by atoms with Gasteiger partial charge in [0, 0.05) is 37.6 Å². The van der Waals surface area contributed by atoms with Gasteiger partial charge in [0.2, 0.25) is 0 Å². The molecule has 9 heteroatoms. The quantitative estimate of drug-likeness (QED) is 0.485. The number of aromatic nitrogens is 2. The van der Waals surface area contributed by atoms with Crippen LogP contribution in [-0.2, 0) is 9.47 Å². The second-order valence-electron chi connectivity index (χ2n) is 5.72. The van der Waals surface area contributed by atoms with Gasteiger partial charge in [0.1, 0.15) is 0 Å². The summed E-state index contributed by atoms with van der Waals surface area (Å²) in [7, 11) is 3.00. The Hall–Kier alpha value is -2.78. The third-order valence-electron chi connectivity index (χ3n) is 4.33. The molecule has 0 fully saturated rings. The summed E-state index contributed by atoms with van der Waals surface area (Å²) in [5.41, 5.74) is 2.65. The number of aryl methyl sites for hydroxylation is 1. The van der Waals surface area contributed by atoms with Gasteiger partial charge in [-0.05, 0) is 24.6 Å². The number of nitrogens with one attached hydrogen (secondary N) is 1. The standard InChI is InChI=1S/C16H18N4O5/c1-9-13-14(18-17-9)16(21)19(8-12(24-2)25-3)15(13)10-4-6-11(7-5-10)20(22)23/h4-7,12,15H,8H2,1-3H3,(H,17,18). The van der Waals surface area contributed by atoms with Crippen LogP contribution in [0.15, 0.2) is 24.3 Å². The van der Waals surface area contributed by atoms with Crippen molar-refractivity contribution in [3.8, 4) is 0 Å². The van der Waals surface area contributed by atoms with Crippen molar-refractivity contribution in [1.29, 1.82) is 0 Å². The number of non-ortho nitro benzene ring substituents is 1. The van der Waals surface area contributed by atoms with Gasteiger partial charge in [-0.1, -0.05) is 0 Å². The molecular formula is C16H18N4O5. The smallest absolute Gasteiger partial charge is 0.275 e. The molecule has 1 aromatic heterocycles. The normalized spacial score (nSPS) is 16.6. The number of benzene rings is 1. The van der Waals surface area contributed by atoms with Gasteiger partial charge in [-0.3, -0.25) is 20.0 Å². The number of carbonyl (C=O) groups excluding carboxylic acids is 1. The minimum absolute atomic E-state index is 0.00424. The predicted octanol–water partition coefficient (Wildman–Crippen LogP) is 1.79. The van der Waals surface area contributed by atoms with Crippen LogP contribution < -0.4 is 0 Å². The first kappa shape index (κ1) is 17.1. The molecule has 9 nitrogen and oxygen atoms in total. The number of carbonyl (C=O) groups is 1. The van der Waals surface area contributed by atoms with Crippen LogP contribution in [0.3, 0.4) is 0 Å². The molecule has 132 valence electrons. The number of rotatable bonds is 6. The summed E-state index contributed by atoms with van der Waals surface area (Å²) >= 11 is 0. The Labute approximate surface area is 143 Å². The van der Waals surface area contributed by atoms with Gasteiger partial charge in [0.25, 0.3) is 11.6 Å². The Morgan fingerprint density at radius 1 is 1.32 bits per heavy atom. The fourth-order valence-electron chi connectivity index (χ4n) is 3.06. The Kier molecular flexibility index (Phi) is 4.51. The van der Waals surface area contributed by atoms with Gasteiger partial charge in [-0.15, -0.1) is 0 Å². The average molecular weight is 346 g/mol. The largest absolute Gasteiger partial charge is 0.354 e. The summed E-state index contributed by atoms with van der Waals surface area (Å²) < 4.78 is 10.4. The van der Waals surface area contributed by atoms with E-state index < -0.39 is 17.3 Å².